The van der Waals surface area contributed by atoms with Gasteiger partial charge in [-0.2, -0.15) is 0 Å². The molecule has 4 rings (SSSR count). The smallest absolute Gasteiger partial charge is 0.262 e. The molecule has 1 N–H and O–H groups in total. The van der Waals surface area contributed by atoms with Crippen molar-refractivity contribution in [2.24, 2.45) is 0 Å². The molecule has 3 aromatic rings. The molecule has 0 saturated heterocycles. The molecule has 1 aliphatic rings. The van der Waals surface area contributed by atoms with Crippen molar-refractivity contribution in [2.75, 3.05) is 5.75 Å². The van der Waals surface area contributed by atoms with Gasteiger partial charge in [0.15, 0.2) is 10.9 Å². The highest BCUT2D eigenvalue weighted by molar-refractivity contribution is 7.99. The van der Waals surface area contributed by atoms with Gasteiger partial charge in [0.25, 0.3) is 5.56 Å². The van der Waals surface area contributed by atoms with Gasteiger partial charge < -0.3 is 5.32 Å². The maximum absolute atomic E-state index is 13.2. The first kappa shape index (κ1) is 23.4. The largest absolute Gasteiger partial charge is 0.351 e. The first-order chi connectivity index (χ1) is 16.0. The number of hydrogen-bond donors (Lipinski definition) is 1. The summed E-state index contributed by atoms with van der Waals surface area (Å²) in [7, 11) is 0. The molecule has 0 unspecified atom stereocenters. The summed E-state index contributed by atoms with van der Waals surface area (Å²) in [6, 6.07) is 11.0. The van der Waals surface area contributed by atoms with E-state index in [1.165, 1.54) is 48.4 Å². The monoisotopic (exact) mass is 481 g/mol. The molecule has 2 aromatic heterocycles. The van der Waals surface area contributed by atoms with Crippen LogP contribution in [0.1, 0.15) is 53.6 Å². The number of nitrogens with one attached hydrogen (secondary N) is 1. The minimum Gasteiger partial charge on any atom is -0.351 e. The van der Waals surface area contributed by atoms with Crippen LogP contribution in [-0.2, 0) is 17.9 Å². The maximum Gasteiger partial charge on any atom is 0.262 e. The van der Waals surface area contributed by atoms with Crippen LogP contribution in [0.2, 0.25) is 0 Å². The van der Waals surface area contributed by atoms with Gasteiger partial charge in [-0.3, -0.25) is 19.0 Å². The van der Waals surface area contributed by atoms with Crippen LogP contribution < -0.4 is 10.9 Å². The number of nitrogens with zero attached hydrogens (tertiary/aromatic N) is 2. The lowest BCUT2D eigenvalue weighted by Gasteiger charge is -2.16. The fraction of sp³-hybridized carbons (Fsp3) is 0.360. The predicted octanol–water partition coefficient (Wildman–Crippen LogP) is 4.96. The fourth-order valence-corrected chi connectivity index (χ4v) is 5.76. The fourth-order valence-electron chi connectivity index (χ4n) is 3.88. The number of thiophene rings is 1. The molecule has 0 bridgehead atoms. The summed E-state index contributed by atoms with van der Waals surface area (Å²) >= 11 is 2.70. The maximum atomic E-state index is 13.2. The number of benzene rings is 1. The number of amides is 1. The minimum atomic E-state index is -0.101. The van der Waals surface area contributed by atoms with E-state index in [1.54, 1.807) is 10.6 Å². The summed E-state index contributed by atoms with van der Waals surface area (Å²) in [6.07, 6.45) is 7.78. The van der Waals surface area contributed by atoms with E-state index in [9.17, 15) is 14.4 Å². The van der Waals surface area contributed by atoms with E-state index in [4.69, 9.17) is 4.98 Å². The Morgan fingerprint density at radius 2 is 2.03 bits per heavy atom. The summed E-state index contributed by atoms with van der Waals surface area (Å²) in [5.74, 6) is 0.0901. The van der Waals surface area contributed by atoms with Crippen LogP contribution in [0, 0.1) is 0 Å². The number of aromatic nitrogens is 2. The minimum absolute atomic E-state index is 0.0111. The van der Waals surface area contributed by atoms with E-state index in [0.29, 0.717) is 34.0 Å². The van der Waals surface area contributed by atoms with Gasteiger partial charge in [-0.1, -0.05) is 35.5 Å². The number of thioether (sulfide) groups is 1. The normalized spacial score (nSPS) is 13.7. The van der Waals surface area contributed by atoms with E-state index < -0.39 is 0 Å². The molecule has 0 spiro atoms. The molecule has 0 saturated carbocycles. The number of ketones is 1. The molecule has 0 aliphatic heterocycles. The summed E-state index contributed by atoms with van der Waals surface area (Å²) < 4.78 is 1.73. The highest BCUT2D eigenvalue weighted by atomic mass is 32.2. The third kappa shape index (κ3) is 6.00. The topological polar surface area (TPSA) is 81.1 Å². The van der Waals surface area contributed by atoms with E-state index in [0.717, 1.165) is 24.1 Å². The lowest BCUT2D eigenvalue weighted by molar-refractivity contribution is -0.119. The zero-order valence-electron chi connectivity index (χ0n) is 18.6. The molecule has 33 heavy (non-hydrogen) atoms. The van der Waals surface area contributed by atoms with Gasteiger partial charge in [0, 0.05) is 18.3 Å². The van der Waals surface area contributed by atoms with Crippen LogP contribution in [0.5, 0.6) is 0 Å². The Bertz CT molecular complexity index is 1260. The van der Waals surface area contributed by atoms with E-state index in [2.05, 4.69) is 11.4 Å². The Labute approximate surface area is 201 Å². The average molecular weight is 482 g/mol. The highest BCUT2D eigenvalue weighted by Crippen LogP contribution is 2.25. The second-order valence-electron chi connectivity index (χ2n) is 8.11. The van der Waals surface area contributed by atoms with Gasteiger partial charge in [0.05, 0.1) is 28.1 Å². The average Bonchev–Trinajstić information content (AvgIpc) is 3.31. The van der Waals surface area contributed by atoms with E-state index in [-0.39, 0.29) is 23.0 Å². The third-order valence-corrected chi connectivity index (χ3v) is 7.75. The first-order valence-corrected chi connectivity index (χ1v) is 13.0. The molecule has 1 amide bonds. The molecule has 6 nitrogen and oxygen atoms in total. The van der Waals surface area contributed by atoms with Crippen LogP contribution in [0.15, 0.2) is 58.0 Å². The molecule has 0 radical (unpaired) electrons. The number of fused-ring (bicyclic) bond motifs is 1. The van der Waals surface area contributed by atoms with Crippen molar-refractivity contribution >= 4 is 45.7 Å². The lowest BCUT2D eigenvalue weighted by atomic mass is 9.97. The number of carbonyl (C=O) groups is 2. The van der Waals surface area contributed by atoms with E-state index >= 15 is 0 Å². The second kappa shape index (κ2) is 10.9. The van der Waals surface area contributed by atoms with Crippen LogP contribution in [0.3, 0.4) is 0 Å². The van der Waals surface area contributed by atoms with E-state index in [1.807, 2.05) is 30.3 Å². The van der Waals surface area contributed by atoms with Crippen molar-refractivity contribution in [3.63, 3.8) is 0 Å². The Morgan fingerprint density at radius 3 is 2.82 bits per heavy atom. The highest BCUT2D eigenvalue weighted by Gasteiger charge is 2.16. The number of para-hydroxylation sites is 1. The van der Waals surface area contributed by atoms with Crippen LogP contribution in [0.25, 0.3) is 10.9 Å². The summed E-state index contributed by atoms with van der Waals surface area (Å²) in [4.78, 5) is 43.5. The zero-order chi connectivity index (χ0) is 23.2. The van der Waals surface area contributed by atoms with Crippen molar-refractivity contribution in [3.8, 4) is 0 Å². The zero-order valence-corrected chi connectivity index (χ0v) is 20.3. The Hall–Kier alpha value is -2.71. The number of Topliss-reactive ketones (excluding diaryl/α,β-unsaturated/α-hetero) is 1. The van der Waals surface area contributed by atoms with Crippen LogP contribution in [0.4, 0.5) is 0 Å². The third-order valence-electron chi connectivity index (χ3n) is 5.65. The van der Waals surface area contributed by atoms with Crippen molar-refractivity contribution in [1.29, 1.82) is 0 Å². The van der Waals surface area contributed by atoms with Crippen LogP contribution >= 0.6 is 23.1 Å². The SMILES string of the molecule is CC(=O)NCc1ccc(C(=O)CSc2nc3ccccc3c(=O)n2CCC2=CCCCC2)s1. The van der Waals surface area contributed by atoms with Gasteiger partial charge >= 0.3 is 0 Å². The predicted molar refractivity (Wildman–Crippen MR) is 134 cm³/mol. The van der Waals surface area contributed by atoms with Gasteiger partial charge in [-0.05, 0) is 56.4 Å². The first-order valence-electron chi connectivity index (χ1n) is 11.2. The second-order valence-corrected chi connectivity index (χ2v) is 10.2. The van der Waals surface area contributed by atoms with Gasteiger partial charge in [-0.15, -0.1) is 11.3 Å². The number of hydrogen-bond acceptors (Lipinski definition) is 6. The van der Waals surface area contributed by atoms with Gasteiger partial charge in [0.2, 0.25) is 5.91 Å². The molecule has 0 atom stereocenters. The molecular formula is C25H27N3O3S2. The number of carbonyl (C=O) groups excluding carboxylic acids is 2. The van der Waals surface area contributed by atoms with Crippen molar-refractivity contribution in [1.82, 2.24) is 14.9 Å². The Balaban J connectivity index is 1.52. The summed E-state index contributed by atoms with van der Waals surface area (Å²) in [5, 5.41) is 3.93. The molecule has 8 heteroatoms. The van der Waals surface area contributed by atoms with Gasteiger partial charge in [0.1, 0.15) is 0 Å². The van der Waals surface area contributed by atoms with Crippen molar-refractivity contribution < 1.29 is 9.59 Å². The molecule has 2 heterocycles. The molecule has 0 fully saturated rings. The number of allylic oxidation sites excluding steroid dienone is 2. The van der Waals surface area contributed by atoms with Crippen molar-refractivity contribution in [2.45, 2.75) is 57.3 Å². The summed E-state index contributed by atoms with van der Waals surface area (Å²) in [5.41, 5.74) is 2.00. The molecular weight excluding hydrogens is 454 g/mol. The van der Waals surface area contributed by atoms with Crippen molar-refractivity contribution in [3.05, 3.63) is 68.2 Å². The number of rotatable bonds is 9. The quantitative estimate of drug-likeness (QED) is 0.202. The van der Waals surface area contributed by atoms with Gasteiger partial charge in [-0.25, -0.2) is 4.98 Å². The Kier molecular flexibility index (Phi) is 7.77. The summed E-state index contributed by atoms with van der Waals surface area (Å²) in [6.45, 7) is 2.46. The molecule has 1 aliphatic carbocycles. The molecule has 172 valence electrons. The standard InChI is InChI=1S/C25H27N3O3S2/c1-17(29)26-15-19-11-12-23(33-19)22(30)16-32-25-27-21-10-6-5-9-20(21)24(31)28(25)14-13-18-7-3-2-4-8-18/h5-7,9-12H,2-4,8,13-16H2,1H3,(H,26,29). The lowest BCUT2D eigenvalue weighted by Crippen LogP contribution is -2.24. The Morgan fingerprint density at radius 1 is 1.18 bits per heavy atom. The van der Waals surface area contributed by atoms with Crippen LogP contribution in [-0.4, -0.2) is 27.0 Å². The molecule has 1 aromatic carbocycles.